The summed E-state index contributed by atoms with van der Waals surface area (Å²) in [6.07, 6.45) is 6.30. The number of carbonyl (C=O) groups is 1. The largest absolute Gasteiger partial charge is 0.479 e. The monoisotopic (exact) mass is 234 g/mol. The van der Waals surface area contributed by atoms with E-state index in [4.69, 9.17) is 5.26 Å². The van der Waals surface area contributed by atoms with Gasteiger partial charge in [-0.1, -0.05) is 25.7 Å². The van der Waals surface area contributed by atoms with Gasteiger partial charge in [-0.3, -0.25) is 0 Å². The third-order valence-electron chi connectivity index (χ3n) is 3.36. The fourth-order valence-electron chi connectivity index (χ4n) is 2.37. The van der Waals surface area contributed by atoms with E-state index in [0.29, 0.717) is 12.8 Å². The van der Waals surface area contributed by atoms with E-state index in [9.17, 15) is 9.90 Å². The van der Waals surface area contributed by atoms with Crippen LogP contribution in [0.4, 0.5) is 0 Å². The Hall–Kier alpha value is -1.90. The van der Waals surface area contributed by atoms with Crippen molar-refractivity contribution >= 4 is 5.97 Å². The number of aromatic nitrogens is 3. The Morgan fingerprint density at radius 1 is 1.41 bits per heavy atom. The van der Waals surface area contributed by atoms with Crippen molar-refractivity contribution in [1.82, 2.24) is 14.8 Å². The molecule has 17 heavy (non-hydrogen) atoms. The van der Waals surface area contributed by atoms with Gasteiger partial charge in [0.15, 0.2) is 5.54 Å². The van der Waals surface area contributed by atoms with Crippen LogP contribution in [-0.4, -0.2) is 25.8 Å². The molecule has 0 spiro atoms. The molecule has 0 aromatic carbocycles. The molecule has 6 nitrogen and oxygen atoms in total. The number of hydrogen-bond donors (Lipinski definition) is 1. The van der Waals surface area contributed by atoms with Crippen molar-refractivity contribution < 1.29 is 9.90 Å². The van der Waals surface area contributed by atoms with Crippen molar-refractivity contribution in [1.29, 1.82) is 5.26 Å². The van der Waals surface area contributed by atoms with Crippen molar-refractivity contribution in [3.8, 4) is 6.07 Å². The fraction of sp³-hybridized carbons (Fsp3) is 0.636. The smallest absolute Gasteiger partial charge is 0.331 e. The van der Waals surface area contributed by atoms with Gasteiger partial charge >= 0.3 is 5.97 Å². The lowest BCUT2D eigenvalue weighted by Gasteiger charge is -2.27. The zero-order valence-corrected chi connectivity index (χ0v) is 9.46. The van der Waals surface area contributed by atoms with Crippen LogP contribution in [0.2, 0.25) is 0 Å². The second-order valence-electron chi connectivity index (χ2n) is 4.38. The minimum atomic E-state index is -1.02. The second kappa shape index (κ2) is 4.53. The molecule has 0 amide bonds. The molecule has 0 radical (unpaired) electrons. The van der Waals surface area contributed by atoms with E-state index in [2.05, 4.69) is 10.1 Å². The average molecular weight is 234 g/mol. The van der Waals surface area contributed by atoms with Crippen LogP contribution in [0.5, 0.6) is 0 Å². The SMILES string of the molecule is N#Cc1ncn(C2(C(=O)O)CCCCCC2)n1. The Labute approximate surface area is 98.9 Å². The molecule has 1 aliphatic carbocycles. The number of nitriles is 1. The van der Waals surface area contributed by atoms with E-state index >= 15 is 0 Å². The molecule has 1 saturated carbocycles. The van der Waals surface area contributed by atoms with Crippen molar-refractivity contribution in [2.75, 3.05) is 0 Å². The van der Waals surface area contributed by atoms with Gasteiger partial charge in [-0.25, -0.2) is 14.5 Å². The van der Waals surface area contributed by atoms with Crippen molar-refractivity contribution in [2.24, 2.45) is 0 Å². The zero-order valence-electron chi connectivity index (χ0n) is 9.46. The molecular weight excluding hydrogens is 220 g/mol. The summed E-state index contributed by atoms with van der Waals surface area (Å²) in [7, 11) is 0. The van der Waals surface area contributed by atoms with Gasteiger partial charge in [-0.15, -0.1) is 5.10 Å². The number of nitrogens with zero attached hydrogens (tertiary/aromatic N) is 4. The predicted molar refractivity (Wildman–Crippen MR) is 58.0 cm³/mol. The van der Waals surface area contributed by atoms with Gasteiger partial charge in [0.1, 0.15) is 12.4 Å². The molecule has 0 atom stereocenters. The molecule has 1 N–H and O–H groups in total. The van der Waals surface area contributed by atoms with Gasteiger partial charge in [0.05, 0.1) is 0 Å². The molecule has 90 valence electrons. The third kappa shape index (κ3) is 2.00. The normalized spacial score (nSPS) is 19.2. The zero-order chi connectivity index (χ0) is 12.3. The van der Waals surface area contributed by atoms with Crippen LogP contribution in [0.1, 0.15) is 44.3 Å². The first-order chi connectivity index (χ1) is 8.19. The summed E-state index contributed by atoms with van der Waals surface area (Å²) in [5.74, 6) is -0.858. The third-order valence-corrected chi connectivity index (χ3v) is 3.36. The Balaban J connectivity index is 2.39. The molecule has 1 aromatic rings. The second-order valence-corrected chi connectivity index (χ2v) is 4.38. The van der Waals surface area contributed by atoms with Crippen LogP contribution in [0.15, 0.2) is 6.33 Å². The molecule has 1 fully saturated rings. The molecule has 1 aromatic heterocycles. The van der Waals surface area contributed by atoms with E-state index in [1.54, 1.807) is 0 Å². The van der Waals surface area contributed by atoms with Gasteiger partial charge in [0.25, 0.3) is 5.82 Å². The number of carboxylic acid groups (broad SMARTS) is 1. The van der Waals surface area contributed by atoms with E-state index in [-0.39, 0.29) is 5.82 Å². The summed E-state index contributed by atoms with van der Waals surface area (Å²) >= 11 is 0. The number of carboxylic acids is 1. The van der Waals surface area contributed by atoms with E-state index in [1.165, 1.54) is 11.0 Å². The molecule has 0 saturated heterocycles. The van der Waals surface area contributed by atoms with Crippen LogP contribution in [0.3, 0.4) is 0 Å². The summed E-state index contributed by atoms with van der Waals surface area (Å²) < 4.78 is 1.36. The molecule has 0 unspecified atom stereocenters. The van der Waals surface area contributed by atoms with Gasteiger partial charge in [0.2, 0.25) is 0 Å². The summed E-state index contributed by atoms with van der Waals surface area (Å²) in [5.41, 5.74) is -1.02. The fourth-order valence-corrected chi connectivity index (χ4v) is 2.37. The Morgan fingerprint density at radius 3 is 2.53 bits per heavy atom. The summed E-state index contributed by atoms with van der Waals surface area (Å²) in [6.45, 7) is 0. The van der Waals surface area contributed by atoms with E-state index in [1.807, 2.05) is 6.07 Å². The lowest BCUT2D eigenvalue weighted by molar-refractivity contribution is -0.149. The number of rotatable bonds is 2. The lowest BCUT2D eigenvalue weighted by atomic mass is 9.90. The highest BCUT2D eigenvalue weighted by atomic mass is 16.4. The van der Waals surface area contributed by atoms with E-state index in [0.717, 1.165) is 25.7 Å². The first-order valence-corrected chi connectivity index (χ1v) is 5.75. The number of hydrogen-bond acceptors (Lipinski definition) is 4. The molecular formula is C11H14N4O2. The average Bonchev–Trinajstić information content (AvgIpc) is 2.66. The Bertz CT molecular complexity index is 452. The van der Waals surface area contributed by atoms with Gasteiger partial charge < -0.3 is 5.11 Å². The summed E-state index contributed by atoms with van der Waals surface area (Å²) in [4.78, 5) is 15.4. The molecule has 1 aliphatic rings. The van der Waals surface area contributed by atoms with Gasteiger partial charge in [0, 0.05) is 0 Å². The summed E-state index contributed by atoms with van der Waals surface area (Å²) in [5, 5.41) is 22.1. The maximum atomic E-state index is 11.6. The van der Waals surface area contributed by atoms with Gasteiger partial charge in [-0.05, 0) is 12.8 Å². The molecule has 2 rings (SSSR count). The first kappa shape index (κ1) is 11.6. The van der Waals surface area contributed by atoms with Crippen LogP contribution < -0.4 is 0 Å². The topological polar surface area (TPSA) is 91.8 Å². The van der Waals surface area contributed by atoms with E-state index < -0.39 is 11.5 Å². The van der Waals surface area contributed by atoms with Crippen molar-refractivity contribution in [3.63, 3.8) is 0 Å². The highest BCUT2D eigenvalue weighted by molar-refractivity contribution is 5.76. The van der Waals surface area contributed by atoms with Crippen LogP contribution in [0, 0.1) is 11.3 Å². The Kier molecular flexibility index (Phi) is 3.09. The highest BCUT2D eigenvalue weighted by Crippen LogP contribution is 2.33. The standard InChI is InChI=1S/C11H14N4O2/c12-7-9-13-8-15(14-9)11(10(16)17)5-3-1-2-4-6-11/h8H,1-6H2,(H,16,17). The number of aliphatic carboxylic acids is 1. The maximum absolute atomic E-state index is 11.6. The van der Waals surface area contributed by atoms with Crippen LogP contribution in [0.25, 0.3) is 0 Å². The highest BCUT2D eigenvalue weighted by Gasteiger charge is 2.41. The molecule has 1 heterocycles. The van der Waals surface area contributed by atoms with Crippen molar-refractivity contribution in [2.45, 2.75) is 44.1 Å². The molecule has 0 aliphatic heterocycles. The minimum Gasteiger partial charge on any atom is -0.479 e. The predicted octanol–water partition coefficient (Wildman–Crippen LogP) is 1.28. The first-order valence-electron chi connectivity index (χ1n) is 5.75. The molecule has 6 heteroatoms. The summed E-state index contributed by atoms with van der Waals surface area (Å²) in [6, 6.07) is 1.82. The van der Waals surface area contributed by atoms with Crippen LogP contribution in [-0.2, 0) is 10.3 Å². The Morgan fingerprint density at radius 2 is 2.06 bits per heavy atom. The van der Waals surface area contributed by atoms with Crippen LogP contribution >= 0.6 is 0 Å². The maximum Gasteiger partial charge on any atom is 0.331 e. The quantitative estimate of drug-likeness (QED) is 0.778. The van der Waals surface area contributed by atoms with Gasteiger partial charge in [-0.2, -0.15) is 5.26 Å². The lowest BCUT2D eigenvalue weighted by Crippen LogP contribution is -2.42. The molecule has 0 bridgehead atoms. The van der Waals surface area contributed by atoms with Crippen molar-refractivity contribution in [3.05, 3.63) is 12.2 Å². The minimum absolute atomic E-state index is 0.0230.